The van der Waals surface area contributed by atoms with Crippen LogP contribution in [0.1, 0.15) is 6.92 Å². The van der Waals surface area contributed by atoms with Crippen molar-refractivity contribution in [3.05, 3.63) is 46.7 Å². The van der Waals surface area contributed by atoms with Crippen LogP contribution in [-0.2, 0) is 0 Å². The summed E-state index contributed by atoms with van der Waals surface area (Å²) in [5.74, 6) is 0.339. The van der Waals surface area contributed by atoms with Gasteiger partial charge in [-0.2, -0.15) is 0 Å². The van der Waals surface area contributed by atoms with Gasteiger partial charge in [0, 0.05) is 17.4 Å². The Morgan fingerprint density at radius 1 is 1.21 bits per heavy atom. The lowest BCUT2D eigenvalue weighted by atomic mass is 10.2. The molecule has 0 aromatic heterocycles. The molecule has 3 N–H and O–H groups in total. The second-order valence-electron chi connectivity index (χ2n) is 3.94. The Bertz CT molecular complexity index is 590. The van der Waals surface area contributed by atoms with Gasteiger partial charge in [0.25, 0.3) is 0 Å². The van der Waals surface area contributed by atoms with E-state index in [0.717, 1.165) is 11.4 Å². The Morgan fingerprint density at radius 2 is 1.89 bits per heavy atom. The van der Waals surface area contributed by atoms with Gasteiger partial charge in [-0.25, -0.2) is 4.39 Å². The third-order valence-electron chi connectivity index (χ3n) is 2.52. The summed E-state index contributed by atoms with van der Waals surface area (Å²) in [6, 6.07) is 10.2. The summed E-state index contributed by atoms with van der Waals surface area (Å²) in [7, 11) is 0. The van der Waals surface area contributed by atoms with Crippen LogP contribution in [0.2, 0.25) is 0 Å². The van der Waals surface area contributed by atoms with Gasteiger partial charge in [-0.15, -0.1) is 0 Å². The fourth-order valence-corrected chi connectivity index (χ4v) is 2.01. The third-order valence-corrected chi connectivity index (χ3v) is 3.13. The van der Waals surface area contributed by atoms with Gasteiger partial charge in [-0.3, -0.25) is 0 Å². The highest BCUT2D eigenvalue weighted by Crippen LogP contribution is 2.28. The third kappa shape index (κ3) is 3.38. The molecule has 0 saturated carbocycles. The van der Waals surface area contributed by atoms with Crippen molar-refractivity contribution in [3.63, 3.8) is 0 Å². The summed E-state index contributed by atoms with van der Waals surface area (Å²) in [4.78, 5) is 0. The predicted octanol–water partition coefficient (Wildman–Crippen LogP) is 4.31. The smallest absolute Gasteiger partial charge is 0.144 e. The van der Waals surface area contributed by atoms with E-state index in [1.54, 1.807) is 18.2 Å². The Labute approximate surface area is 119 Å². The molecule has 0 spiro atoms. The normalized spacial score (nSPS) is 10.3. The molecule has 0 unspecified atom stereocenters. The maximum atomic E-state index is 13.1. The summed E-state index contributed by atoms with van der Waals surface area (Å²) < 4.78 is 19.0. The molecule has 2 rings (SSSR count). The molecule has 0 heterocycles. The maximum Gasteiger partial charge on any atom is 0.144 e. The zero-order valence-electron chi connectivity index (χ0n) is 10.4. The number of nitrogen functional groups attached to an aromatic ring is 1. The largest absolute Gasteiger partial charge is 0.492 e. The quantitative estimate of drug-likeness (QED) is 0.824. The van der Waals surface area contributed by atoms with E-state index in [4.69, 9.17) is 10.5 Å². The lowest BCUT2D eigenvalue weighted by Crippen LogP contribution is -1.98. The van der Waals surface area contributed by atoms with Crippen LogP contribution in [0.25, 0.3) is 0 Å². The minimum atomic E-state index is -0.294. The highest BCUT2D eigenvalue weighted by Gasteiger charge is 2.04. The molecule has 0 saturated heterocycles. The summed E-state index contributed by atoms with van der Waals surface area (Å²) in [6.45, 7) is 2.45. The molecular formula is C14H14BrFN2O. The average molecular weight is 325 g/mol. The predicted molar refractivity (Wildman–Crippen MR) is 79.4 cm³/mol. The first-order valence-electron chi connectivity index (χ1n) is 5.84. The molecule has 2 aromatic rings. The van der Waals surface area contributed by atoms with Crippen molar-refractivity contribution in [2.24, 2.45) is 0 Å². The van der Waals surface area contributed by atoms with Crippen LogP contribution >= 0.6 is 15.9 Å². The second-order valence-corrected chi connectivity index (χ2v) is 4.79. The van der Waals surface area contributed by atoms with E-state index < -0.39 is 0 Å². The number of hydrogen-bond acceptors (Lipinski definition) is 3. The van der Waals surface area contributed by atoms with Crippen molar-refractivity contribution < 1.29 is 9.13 Å². The van der Waals surface area contributed by atoms with Crippen molar-refractivity contribution in [3.8, 4) is 5.75 Å². The van der Waals surface area contributed by atoms with Crippen molar-refractivity contribution in [2.75, 3.05) is 17.7 Å². The van der Waals surface area contributed by atoms with E-state index >= 15 is 0 Å². The van der Waals surface area contributed by atoms with Gasteiger partial charge in [0.2, 0.25) is 0 Å². The molecule has 100 valence electrons. The molecule has 0 atom stereocenters. The van der Waals surface area contributed by atoms with Crippen molar-refractivity contribution in [1.29, 1.82) is 0 Å². The molecule has 2 aromatic carbocycles. The number of halogens is 2. The maximum absolute atomic E-state index is 13.1. The van der Waals surface area contributed by atoms with E-state index in [0.29, 0.717) is 22.5 Å². The van der Waals surface area contributed by atoms with Crippen molar-refractivity contribution >= 4 is 33.0 Å². The Hall–Kier alpha value is -1.75. The molecular weight excluding hydrogens is 311 g/mol. The molecule has 0 bridgehead atoms. The zero-order valence-corrected chi connectivity index (χ0v) is 12.0. The molecule has 0 aliphatic rings. The SMILES string of the molecule is CCOc1cc(Nc2ccc(F)c(Br)c2)ccc1N. The lowest BCUT2D eigenvalue weighted by molar-refractivity contribution is 0.342. The van der Waals surface area contributed by atoms with E-state index in [2.05, 4.69) is 21.2 Å². The van der Waals surface area contributed by atoms with Crippen LogP contribution in [0.15, 0.2) is 40.9 Å². The van der Waals surface area contributed by atoms with Crippen LogP contribution in [0.5, 0.6) is 5.75 Å². The van der Waals surface area contributed by atoms with Crippen LogP contribution in [0.4, 0.5) is 21.5 Å². The minimum Gasteiger partial charge on any atom is -0.492 e. The number of rotatable bonds is 4. The number of anilines is 3. The van der Waals surface area contributed by atoms with Gasteiger partial charge in [0.15, 0.2) is 0 Å². The number of nitrogens with two attached hydrogens (primary N) is 1. The molecule has 0 aliphatic heterocycles. The monoisotopic (exact) mass is 324 g/mol. The van der Waals surface area contributed by atoms with Crippen molar-refractivity contribution in [1.82, 2.24) is 0 Å². The molecule has 0 aliphatic carbocycles. The zero-order chi connectivity index (χ0) is 13.8. The van der Waals surface area contributed by atoms with E-state index in [-0.39, 0.29) is 5.82 Å². The Balaban J connectivity index is 2.22. The standard InChI is InChI=1S/C14H14BrFN2O/c1-2-19-14-8-10(4-6-13(14)17)18-9-3-5-12(16)11(15)7-9/h3-8,18H,2,17H2,1H3. The first kappa shape index (κ1) is 13.7. The molecule has 19 heavy (non-hydrogen) atoms. The number of benzene rings is 2. The summed E-state index contributed by atoms with van der Waals surface area (Å²) in [6.07, 6.45) is 0. The van der Waals surface area contributed by atoms with E-state index in [1.165, 1.54) is 6.07 Å². The van der Waals surface area contributed by atoms with Gasteiger partial charge < -0.3 is 15.8 Å². The van der Waals surface area contributed by atoms with Crippen LogP contribution in [-0.4, -0.2) is 6.61 Å². The summed E-state index contributed by atoms with van der Waals surface area (Å²) in [5.41, 5.74) is 8.00. The number of hydrogen-bond donors (Lipinski definition) is 2. The fourth-order valence-electron chi connectivity index (χ4n) is 1.63. The van der Waals surface area contributed by atoms with Crippen LogP contribution in [0.3, 0.4) is 0 Å². The lowest BCUT2D eigenvalue weighted by Gasteiger charge is -2.11. The Morgan fingerprint density at radius 3 is 2.58 bits per heavy atom. The van der Waals surface area contributed by atoms with Crippen molar-refractivity contribution in [2.45, 2.75) is 6.92 Å². The van der Waals surface area contributed by atoms with E-state index in [1.807, 2.05) is 19.1 Å². The average Bonchev–Trinajstić information content (AvgIpc) is 2.38. The molecule has 3 nitrogen and oxygen atoms in total. The number of nitrogens with one attached hydrogen (secondary N) is 1. The topological polar surface area (TPSA) is 47.3 Å². The van der Waals surface area contributed by atoms with E-state index in [9.17, 15) is 4.39 Å². The molecule has 0 amide bonds. The Kier molecular flexibility index (Phi) is 4.27. The van der Waals surface area contributed by atoms with Gasteiger partial charge >= 0.3 is 0 Å². The fraction of sp³-hybridized carbons (Fsp3) is 0.143. The summed E-state index contributed by atoms with van der Waals surface area (Å²) >= 11 is 3.15. The summed E-state index contributed by atoms with van der Waals surface area (Å²) in [5, 5.41) is 3.17. The first-order chi connectivity index (χ1) is 9.10. The highest BCUT2D eigenvalue weighted by molar-refractivity contribution is 9.10. The van der Waals surface area contributed by atoms with Gasteiger partial charge in [-0.1, -0.05) is 0 Å². The van der Waals surface area contributed by atoms with Crippen LogP contribution < -0.4 is 15.8 Å². The molecule has 5 heteroatoms. The van der Waals surface area contributed by atoms with Crippen LogP contribution in [0, 0.1) is 5.82 Å². The molecule has 0 radical (unpaired) electrons. The van der Waals surface area contributed by atoms with Gasteiger partial charge in [0.05, 0.1) is 16.8 Å². The second kappa shape index (κ2) is 5.93. The van der Waals surface area contributed by atoms with Gasteiger partial charge in [0.1, 0.15) is 11.6 Å². The first-order valence-corrected chi connectivity index (χ1v) is 6.64. The highest BCUT2D eigenvalue weighted by atomic mass is 79.9. The van der Waals surface area contributed by atoms with Gasteiger partial charge in [-0.05, 0) is 53.2 Å². The molecule has 0 fully saturated rings. The number of ether oxygens (including phenoxy) is 1. The minimum absolute atomic E-state index is 0.294.